The number of benzene rings is 1. The van der Waals surface area contributed by atoms with Crippen molar-refractivity contribution in [3.63, 3.8) is 0 Å². The first kappa shape index (κ1) is 13.5. The van der Waals surface area contributed by atoms with Gasteiger partial charge in [0.05, 0.1) is 0 Å². The van der Waals surface area contributed by atoms with E-state index in [4.69, 9.17) is 11.6 Å². The van der Waals surface area contributed by atoms with Crippen molar-refractivity contribution in [1.29, 1.82) is 0 Å². The van der Waals surface area contributed by atoms with Gasteiger partial charge in [-0.2, -0.15) is 0 Å². The third kappa shape index (κ3) is 4.54. The first-order valence-corrected chi connectivity index (χ1v) is 6.59. The van der Waals surface area contributed by atoms with Crippen molar-refractivity contribution in [2.24, 2.45) is 5.92 Å². The van der Waals surface area contributed by atoms with E-state index < -0.39 is 0 Å². The molecule has 1 aromatic rings. The monoisotopic (exact) mass is 239 g/mol. The molecular weight excluding hydrogens is 218 g/mol. The molecule has 1 nitrogen and oxygen atoms in total. The second-order valence-electron chi connectivity index (χ2n) is 4.26. The van der Waals surface area contributed by atoms with Gasteiger partial charge in [-0.15, -0.1) is 0 Å². The Morgan fingerprint density at radius 2 is 2.00 bits per heavy atom. The Kier molecular flexibility index (Phi) is 6.51. The molecule has 1 N–H and O–H groups in total. The quantitative estimate of drug-likeness (QED) is 0.761. The van der Waals surface area contributed by atoms with Crippen LogP contribution in [0.1, 0.15) is 32.3 Å². The van der Waals surface area contributed by atoms with Gasteiger partial charge in [-0.1, -0.05) is 50.1 Å². The van der Waals surface area contributed by atoms with Gasteiger partial charge in [0, 0.05) is 5.02 Å². The van der Waals surface area contributed by atoms with Crippen molar-refractivity contribution in [2.45, 2.75) is 33.1 Å². The van der Waals surface area contributed by atoms with Crippen LogP contribution in [0.3, 0.4) is 0 Å². The maximum atomic E-state index is 6.18. The number of nitrogens with one attached hydrogen (secondary N) is 1. The van der Waals surface area contributed by atoms with E-state index in [1.165, 1.54) is 18.4 Å². The molecule has 0 spiro atoms. The molecule has 0 saturated carbocycles. The van der Waals surface area contributed by atoms with Gasteiger partial charge in [-0.05, 0) is 43.5 Å². The minimum absolute atomic E-state index is 0.699. The summed E-state index contributed by atoms with van der Waals surface area (Å²) in [4.78, 5) is 0. The molecule has 0 aliphatic rings. The lowest BCUT2D eigenvalue weighted by atomic mass is 9.95. The molecule has 16 heavy (non-hydrogen) atoms. The fraction of sp³-hybridized carbons (Fsp3) is 0.571. The average molecular weight is 240 g/mol. The van der Waals surface area contributed by atoms with Crippen molar-refractivity contribution in [3.05, 3.63) is 34.9 Å². The molecule has 2 heteroatoms. The second-order valence-corrected chi connectivity index (χ2v) is 4.67. The van der Waals surface area contributed by atoms with Crippen molar-refractivity contribution in [1.82, 2.24) is 5.32 Å². The highest BCUT2D eigenvalue weighted by Crippen LogP contribution is 2.20. The Labute approximate surface area is 104 Å². The maximum Gasteiger partial charge on any atom is 0.0438 e. The van der Waals surface area contributed by atoms with E-state index >= 15 is 0 Å². The summed E-state index contributed by atoms with van der Waals surface area (Å²) in [6, 6.07) is 8.17. The van der Waals surface area contributed by atoms with Crippen LogP contribution in [0.5, 0.6) is 0 Å². The minimum atomic E-state index is 0.699. The van der Waals surface area contributed by atoms with Crippen molar-refractivity contribution < 1.29 is 0 Å². The molecule has 1 rings (SSSR count). The highest BCUT2D eigenvalue weighted by atomic mass is 35.5. The van der Waals surface area contributed by atoms with Gasteiger partial charge in [0.15, 0.2) is 0 Å². The van der Waals surface area contributed by atoms with Crippen LogP contribution in [-0.2, 0) is 6.42 Å². The molecule has 1 atom stereocenters. The summed E-state index contributed by atoms with van der Waals surface area (Å²) in [5.74, 6) is 0.699. The van der Waals surface area contributed by atoms with Crippen LogP contribution >= 0.6 is 11.6 Å². The molecular formula is C14H22ClN. The maximum absolute atomic E-state index is 6.18. The fourth-order valence-electron chi connectivity index (χ4n) is 2.01. The van der Waals surface area contributed by atoms with Gasteiger partial charge in [-0.3, -0.25) is 0 Å². The lowest BCUT2D eigenvalue weighted by Crippen LogP contribution is -2.24. The Balaban J connectivity index is 2.56. The summed E-state index contributed by atoms with van der Waals surface area (Å²) >= 11 is 6.18. The van der Waals surface area contributed by atoms with Crippen LogP contribution in [0, 0.1) is 5.92 Å². The Morgan fingerprint density at radius 1 is 1.25 bits per heavy atom. The van der Waals surface area contributed by atoms with Crippen molar-refractivity contribution in [3.8, 4) is 0 Å². The summed E-state index contributed by atoms with van der Waals surface area (Å²) in [7, 11) is 0. The van der Waals surface area contributed by atoms with Crippen LogP contribution in [0.25, 0.3) is 0 Å². The van der Waals surface area contributed by atoms with Gasteiger partial charge in [0.1, 0.15) is 0 Å². The Morgan fingerprint density at radius 3 is 2.62 bits per heavy atom. The third-order valence-electron chi connectivity index (χ3n) is 2.85. The van der Waals surface area contributed by atoms with Crippen LogP contribution in [0.4, 0.5) is 0 Å². The lowest BCUT2D eigenvalue weighted by molar-refractivity contribution is 0.444. The Bertz CT molecular complexity index is 299. The first-order valence-electron chi connectivity index (χ1n) is 6.22. The summed E-state index contributed by atoms with van der Waals surface area (Å²) in [5.41, 5.74) is 1.28. The molecule has 0 radical (unpaired) electrons. The predicted octanol–water partition coefficient (Wildman–Crippen LogP) is 3.91. The van der Waals surface area contributed by atoms with E-state index in [9.17, 15) is 0 Å². The van der Waals surface area contributed by atoms with E-state index in [2.05, 4.69) is 31.3 Å². The SMILES string of the molecule is CCCC(CNCC)Cc1ccccc1Cl. The van der Waals surface area contributed by atoms with Gasteiger partial charge in [0.25, 0.3) is 0 Å². The normalized spacial score (nSPS) is 12.7. The topological polar surface area (TPSA) is 12.0 Å². The molecule has 0 heterocycles. The van der Waals surface area contributed by atoms with E-state index in [0.717, 1.165) is 24.5 Å². The largest absolute Gasteiger partial charge is 0.317 e. The van der Waals surface area contributed by atoms with Crippen LogP contribution in [0.2, 0.25) is 5.02 Å². The molecule has 0 aromatic heterocycles. The molecule has 0 aliphatic heterocycles. The van der Waals surface area contributed by atoms with E-state index in [1.807, 2.05) is 12.1 Å². The van der Waals surface area contributed by atoms with E-state index in [1.54, 1.807) is 0 Å². The number of rotatable bonds is 7. The molecule has 0 amide bonds. The standard InChI is InChI=1S/C14H22ClN/c1-3-7-12(11-16-4-2)10-13-8-5-6-9-14(13)15/h5-6,8-9,12,16H,3-4,7,10-11H2,1-2H3. The molecule has 0 bridgehead atoms. The van der Waals surface area contributed by atoms with Crippen molar-refractivity contribution in [2.75, 3.05) is 13.1 Å². The fourth-order valence-corrected chi connectivity index (χ4v) is 2.22. The van der Waals surface area contributed by atoms with E-state index in [0.29, 0.717) is 5.92 Å². The summed E-state index contributed by atoms with van der Waals surface area (Å²) in [5, 5.41) is 4.33. The van der Waals surface area contributed by atoms with Gasteiger partial charge < -0.3 is 5.32 Å². The summed E-state index contributed by atoms with van der Waals surface area (Å²) < 4.78 is 0. The molecule has 1 aromatic carbocycles. The minimum Gasteiger partial charge on any atom is -0.317 e. The smallest absolute Gasteiger partial charge is 0.0438 e. The molecule has 0 aliphatic carbocycles. The lowest BCUT2D eigenvalue weighted by Gasteiger charge is -2.17. The molecule has 90 valence electrons. The zero-order valence-corrected chi connectivity index (χ0v) is 11.1. The third-order valence-corrected chi connectivity index (χ3v) is 3.22. The zero-order valence-electron chi connectivity index (χ0n) is 10.3. The predicted molar refractivity (Wildman–Crippen MR) is 72.1 cm³/mol. The zero-order chi connectivity index (χ0) is 11.8. The van der Waals surface area contributed by atoms with Crippen LogP contribution in [-0.4, -0.2) is 13.1 Å². The van der Waals surface area contributed by atoms with Gasteiger partial charge >= 0.3 is 0 Å². The number of halogens is 1. The number of hydrogen-bond donors (Lipinski definition) is 1. The average Bonchev–Trinajstić information content (AvgIpc) is 2.29. The van der Waals surface area contributed by atoms with Gasteiger partial charge in [0.2, 0.25) is 0 Å². The first-order chi connectivity index (χ1) is 7.77. The van der Waals surface area contributed by atoms with Crippen LogP contribution in [0.15, 0.2) is 24.3 Å². The van der Waals surface area contributed by atoms with E-state index in [-0.39, 0.29) is 0 Å². The Hall–Kier alpha value is -0.530. The molecule has 1 unspecified atom stereocenters. The molecule has 0 fully saturated rings. The summed E-state index contributed by atoms with van der Waals surface area (Å²) in [6.07, 6.45) is 3.58. The highest BCUT2D eigenvalue weighted by Gasteiger charge is 2.10. The summed E-state index contributed by atoms with van der Waals surface area (Å²) in [6.45, 7) is 6.53. The van der Waals surface area contributed by atoms with Crippen molar-refractivity contribution >= 4 is 11.6 Å². The molecule has 0 saturated heterocycles. The van der Waals surface area contributed by atoms with Crippen LogP contribution < -0.4 is 5.32 Å². The second kappa shape index (κ2) is 7.70. The number of hydrogen-bond acceptors (Lipinski definition) is 1. The highest BCUT2D eigenvalue weighted by molar-refractivity contribution is 6.31. The van der Waals surface area contributed by atoms with Gasteiger partial charge in [-0.25, -0.2) is 0 Å².